The van der Waals surface area contributed by atoms with E-state index in [-0.39, 0.29) is 31.2 Å². The predicted molar refractivity (Wildman–Crippen MR) is 107 cm³/mol. The summed E-state index contributed by atoms with van der Waals surface area (Å²) in [5.74, 6) is -0.579. The van der Waals surface area contributed by atoms with Crippen molar-refractivity contribution in [2.45, 2.75) is 18.9 Å². The Hall–Kier alpha value is -3.35. The van der Waals surface area contributed by atoms with Crippen LogP contribution in [0.25, 0.3) is 0 Å². The average Bonchev–Trinajstić information content (AvgIpc) is 3.15. The minimum Gasteiger partial charge on any atom is -0.497 e. The molecule has 0 saturated carbocycles. The van der Waals surface area contributed by atoms with E-state index in [9.17, 15) is 14.4 Å². The van der Waals surface area contributed by atoms with Gasteiger partial charge in [-0.3, -0.25) is 14.4 Å². The van der Waals surface area contributed by atoms with Crippen molar-refractivity contribution in [3.63, 3.8) is 0 Å². The molecule has 2 unspecified atom stereocenters. The van der Waals surface area contributed by atoms with E-state index in [1.165, 1.54) is 7.11 Å². The van der Waals surface area contributed by atoms with Gasteiger partial charge in [0.1, 0.15) is 5.75 Å². The largest absolute Gasteiger partial charge is 0.497 e. The Labute approximate surface area is 169 Å². The van der Waals surface area contributed by atoms with Crippen LogP contribution in [0, 0.1) is 5.92 Å². The van der Waals surface area contributed by atoms with E-state index in [0.29, 0.717) is 5.75 Å². The fourth-order valence-corrected chi connectivity index (χ4v) is 3.37. The van der Waals surface area contributed by atoms with Crippen molar-refractivity contribution in [2.24, 2.45) is 5.92 Å². The predicted octanol–water partition coefficient (Wildman–Crippen LogP) is 2.47. The number of anilines is 1. The third-order valence-electron chi connectivity index (χ3n) is 5.00. The molecule has 29 heavy (non-hydrogen) atoms. The lowest BCUT2D eigenvalue weighted by Gasteiger charge is -2.21. The van der Waals surface area contributed by atoms with Gasteiger partial charge in [0.2, 0.25) is 11.8 Å². The van der Waals surface area contributed by atoms with E-state index in [4.69, 9.17) is 9.47 Å². The zero-order valence-corrected chi connectivity index (χ0v) is 16.5. The number of methoxy groups -OCH3 is 2. The summed E-state index contributed by atoms with van der Waals surface area (Å²) in [5.41, 5.74) is 1.53. The Morgan fingerprint density at radius 3 is 2.41 bits per heavy atom. The Morgan fingerprint density at radius 1 is 1.10 bits per heavy atom. The van der Waals surface area contributed by atoms with Gasteiger partial charge in [0.25, 0.3) is 0 Å². The van der Waals surface area contributed by atoms with E-state index in [1.807, 2.05) is 30.3 Å². The van der Waals surface area contributed by atoms with Crippen LogP contribution in [0.4, 0.5) is 5.69 Å². The number of hydrogen-bond donors (Lipinski definition) is 1. The summed E-state index contributed by atoms with van der Waals surface area (Å²) in [6, 6.07) is 15.9. The third-order valence-corrected chi connectivity index (χ3v) is 5.00. The van der Waals surface area contributed by atoms with Crippen LogP contribution in [-0.2, 0) is 19.1 Å². The number of esters is 1. The molecule has 1 fully saturated rings. The van der Waals surface area contributed by atoms with E-state index in [0.717, 1.165) is 11.3 Å². The van der Waals surface area contributed by atoms with Gasteiger partial charge in [0.15, 0.2) is 0 Å². The summed E-state index contributed by atoms with van der Waals surface area (Å²) in [6.45, 7) is 0.288. The standard InChI is InChI=1S/C22H24N2O5/c1-28-18-10-8-17(9-11-18)24-14-16(12-20(24)25)22(27)23-19(13-21(26)29-2)15-6-4-3-5-7-15/h3-11,16,19H,12-14H2,1-2H3,(H,23,27). The first-order valence-electron chi connectivity index (χ1n) is 9.38. The second kappa shape index (κ2) is 9.23. The van der Waals surface area contributed by atoms with Gasteiger partial charge in [-0.1, -0.05) is 30.3 Å². The lowest BCUT2D eigenvalue weighted by Crippen LogP contribution is -2.36. The van der Waals surface area contributed by atoms with Crippen LogP contribution in [0.1, 0.15) is 24.4 Å². The fourth-order valence-electron chi connectivity index (χ4n) is 3.37. The van der Waals surface area contributed by atoms with Crippen LogP contribution < -0.4 is 15.0 Å². The number of carbonyl (C=O) groups excluding carboxylic acids is 3. The van der Waals surface area contributed by atoms with Crippen molar-refractivity contribution < 1.29 is 23.9 Å². The molecule has 1 heterocycles. The number of ether oxygens (including phenoxy) is 2. The molecule has 7 nitrogen and oxygen atoms in total. The lowest BCUT2D eigenvalue weighted by atomic mass is 10.0. The molecule has 2 aromatic rings. The van der Waals surface area contributed by atoms with Gasteiger partial charge in [0, 0.05) is 18.7 Å². The van der Waals surface area contributed by atoms with Gasteiger partial charge in [0.05, 0.1) is 32.6 Å². The maximum Gasteiger partial charge on any atom is 0.307 e. The summed E-state index contributed by atoms with van der Waals surface area (Å²) < 4.78 is 9.90. The highest BCUT2D eigenvalue weighted by molar-refractivity contribution is 6.00. The minimum atomic E-state index is -0.513. The van der Waals surface area contributed by atoms with Crippen LogP contribution >= 0.6 is 0 Å². The molecule has 0 aromatic heterocycles. The Balaban J connectivity index is 1.70. The monoisotopic (exact) mass is 396 g/mol. The van der Waals surface area contributed by atoms with Gasteiger partial charge >= 0.3 is 5.97 Å². The molecule has 1 N–H and O–H groups in total. The molecule has 1 aliphatic rings. The SMILES string of the molecule is COC(=O)CC(NC(=O)C1CC(=O)N(c2ccc(OC)cc2)C1)c1ccccc1. The number of benzene rings is 2. The number of hydrogen-bond acceptors (Lipinski definition) is 5. The van der Waals surface area contributed by atoms with Crippen molar-refractivity contribution in [1.29, 1.82) is 0 Å². The first-order valence-corrected chi connectivity index (χ1v) is 9.38. The van der Waals surface area contributed by atoms with Crippen LogP contribution in [0.15, 0.2) is 54.6 Å². The number of amides is 2. The van der Waals surface area contributed by atoms with Crippen molar-refractivity contribution in [1.82, 2.24) is 5.32 Å². The van der Waals surface area contributed by atoms with E-state index in [2.05, 4.69) is 5.32 Å². The number of nitrogens with zero attached hydrogens (tertiary/aromatic N) is 1. The second-order valence-electron chi connectivity index (χ2n) is 6.86. The van der Waals surface area contributed by atoms with Crippen LogP contribution in [0.5, 0.6) is 5.75 Å². The van der Waals surface area contributed by atoms with Crippen molar-refractivity contribution in [3.05, 3.63) is 60.2 Å². The summed E-state index contributed by atoms with van der Waals surface area (Å²) in [5, 5.41) is 2.91. The molecule has 2 atom stereocenters. The molecule has 0 radical (unpaired) electrons. The van der Waals surface area contributed by atoms with Crippen LogP contribution in [0.2, 0.25) is 0 Å². The molecule has 0 aliphatic carbocycles. The average molecular weight is 396 g/mol. The Bertz CT molecular complexity index is 867. The third kappa shape index (κ3) is 4.93. The second-order valence-corrected chi connectivity index (χ2v) is 6.86. The number of carbonyl (C=O) groups is 3. The molecule has 0 spiro atoms. The molecule has 2 aromatic carbocycles. The van der Waals surface area contributed by atoms with Crippen LogP contribution in [-0.4, -0.2) is 38.5 Å². The van der Waals surface area contributed by atoms with Gasteiger partial charge in [-0.15, -0.1) is 0 Å². The maximum atomic E-state index is 12.9. The Kier molecular flexibility index (Phi) is 6.49. The molecule has 1 aliphatic heterocycles. The normalized spacial score (nSPS) is 17.0. The van der Waals surface area contributed by atoms with E-state index in [1.54, 1.807) is 36.3 Å². The summed E-state index contributed by atoms with van der Waals surface area (Å²) in [4.78, 5) is 38.7. The molecule has 7 heteroatoms. The van der Waals surface area contributed by atoms with Gasteiger partial charge in [-0.05, 0) is 29.8 Å². The highest BCUT2D eigenvalue weighted by Crippen LogP contribution is 2.28. The van der Waals surface area contributed by atoms with Gasteiger partial charge < -0.3 is 19.7 Å². The summed E-state index contributed by atoms with van der Waals surface area (Å²) in [7, 11) is 2.89. The van der Waals surface area contributed by atoms with Crippen molar-refractivity contribution >= 4 is 23.5 Å². The van der Waals surface area contributed by atoms with E-state index >= 15 is 0 Å². The zero-order chi connectivity index (χ0) is 20.8. The highest BCUT2D eigenvalue weighted by atomic mass is 16.5. The first kappa shape index (κ1) is 20.4. The molecule has 0 bridgehead atoms. The molecule has 2 amide bonds. The topological polar surface area (TPSA) is 84.9 Å². The summed E-state index contributed by atoms with van der Waals surface area (Å²) >= 11 is 0. The molecule has 152 valence electrons. The molecule has 3 rings (SSSR count). The van der Waals surface area contributed by atoms with Gasteiger partial charge in [-0.25, -0.2) is 0 Å². The van der Waals surface area contributed by atoms with Gasteiger partial charge in [-0.2, -0.15) is 0 Å². The van der Waals surface area contributed by atoms with E-state index < -0.39 is 17.9 Å². The first-order chi connectivity index (χ1) is 14.0. The van der Waals surface area contributed by atoms with Crippen LogP contribution in [0.3, 0.4) is 0 Å². The smallest absolute Gasteiger partial charge is 0.307 e. The summed E-state index contributed by atoms with van der Waals surface area (Å²) in [6.07, 6.45) is 0.146. The highest BCUT2D eigenvalue weighted by Gasteiger charge is 2.36. The van der Waals surface area contributed by atoms with Crippen molar-refractivity contribution in [2.75, 3.05) is 25.7 Å². The quantitative estimate of drug-likeness (QED) is 0.727. The maximum absolute atomic E-state index is 12.9. The number of rotatable bonds is 7. The molecule has 1 saturated heterocycles. The fraction of sp³-hybridized carbons (Fsp3) is 0.318. The Morgan fingerprint density at radius 2 is 1.79 bits per heavy atom. The molecular weight excluding hydrogens is 372 g/mol. The van der Waals surface area contributed by atoms with Crippen molar-refractivity contribution in [3.8, 4) is 5.75 Å². The zero-order valence-electron chi connectivity index (χ0n) is 16.5. The lowest BCUT2D eigenvalue weighted by molar-refractivity contribution is -0.141. The molecular formula is C22H24N2O5. The number of nitrogens with one attached hydrogen (secondary N) is 1. The minimum absolute atomic E-state index is 0.0229.